The summed E-state index contributed by atoms with van der Waals surface area (Å²) in [5.74, 6) is 0.133. The Bertz CT molecular complexity index is 282. The fourth-order valence-electron chi connectivity index (χ4n) is 2.54. The molecule has 0 radical (unpaired) electrons. The van der Waals surface area contributed by atoms with Gasteiger partial charge in [0.05, 0.1) is 6.10 Å². The fourth-order valence-corrected chi connectivity index (χ4v) is 2.54. The third kappa shape index (κ3) is 6.36. The van der Waals surface area contributed by atoms with Gasteiger partial charge in [0.25, 0.3) is 0 Å². The molecule has 0 aliphatic carbocycles. The lowest BCUT2D eigenvalue weighted by Gasteiger charge is -2.40. The maximum atomic E-state index is 11.6. The SMILES string of the molecule is CC(C)NC(=O)CCN1CCN(C[C@@H](C)O)[C@@H](C)C1. The minimum Gasteiger partial charge on any atom is -0.392 e. The molecule has 0 bridgehead atoms. The van der Waals surface area contributed by atoms with Crippen LogP contribution in [-0.2, 0) is 4.79 Å². The van der Waals surface area contributed by atoms with Crippen molar-refractivity contribution in [3.8, 4) is 0 Å². The van der Waals surface area contributed by atoms with E-state index in [1.54, 1.807) is 0 Å². The maximum absolute atomic E-state index is 11.6. The van der Waals surface area contributed by atoms with Crippen molar-refractivity contribution in [1.29, 1.82) is 0 Å². The van der Waals surface area contributed by atoms with Crippen LogP contribution in [0.3, 0.4) is 0 Å². The first kappa shape index (κ1) is 16.4. The molecule has 1 saturated heterocycles. The summed E-state index contributed by atoms with van der Waals surface area (Å²) in [5.41, 5.74) is 0. The van der Waals surface area contributed by atoms with Crippen molar-refractivity contribution < 1.29 is 9.90 Å². The molecule has 5 nitrogen and oxygen atoms in total. The average Bonchev–Trinajstić information content (AvgIpc) is 2.28. The number of carbonyl (C=O) groups excluding carboxylic acids is 1. The summed E-state index contributed by atoms with van der Waals surface area (Å²) in [4.78, 5) is 16.3. The van der Waals surface area contributed by atoms with Crippen LogP contribution in [0.5, 0.6) is 0 Å². The Kier molecular flexibility index (Phi) is 6.75. The van der Waals surface area contributed by atoms with Gasteiger partial charge in [0, 0.05) is 51.2 Å². The van der Waals surface area contributed by atoms with Crippen LogP contribution >= 0.6 is 0 Å². The minimum atomic E-state index is -0.272. The van der Waals surface area contributed by atoms with E-state index in [-0.39, 0.29) is 18.1 Å². The molecule has 5 heteroatoms. The number of rotatable bonds is 6. The molecular weight excluding hydrogens is 242 g/mol. The topological polar surface area (TPSA) is 55.8 Å². The zero-order valence-electron chi connectivity index (χ0n) is 12.7. The van der Waals surface area contributed by atoms with E-state index < -0.39 is 0 Å². The van der Waals surface area contributed by atoms with Gasteiger partial charge >= 0.3 is 0 Å². The first-order chi connectivity index (χ1) is 8.88. The van der Waals surface area contributed by atoms with Crippen LogP contribution in [0, 0.1) is 0 Å². The predicted molar refractivity (Wildman–Crippen MR) is 77.1 cm³/mol. The predicted octanol–water partition coefficient (Wildman–Crippen LogP) is 0.288. The van der Waals surface area contributed by atoms with E-state index in [4.69, 9.17) is 0 Å². The number of piperazine rings is 1. The summed E-state index contributed by atoms with van der Waals surface area (Å²) in [6.07, 6.45) is 0.298. The molecule has 1 amide bonds. The van der Waals surface area contributed by atoms with Gasteiger partial charge < -0.3 is 15.3 Å². The van der Waals surface area contributed by atoms with E-state index >= 15 is 0 Å². The van der Waals surface area contributed by atoms with Gasteiger partial charge in [0.2, 0.25) is 5.91 Å². The van der Waals surface area contributed by atoms with E-state index in [9.17, 15) is 9.90 Å². The molecular formula is C14H29N3O2. The molecule has 0 aromatic heterocycles. The summed E-state index contributed by atoms with van der Waals surface area (Å²) in [6.45, 7) is 12.5. The number of aliphatic hydroxyl groups excluding tert-OH is 1. The fraction of sp³-hybridized carbons (Fsp3) is 0.929. The molecule has 0 aromatic carbocycles. The van der Waals surface area contributed by atoms with Gasteiger partial charge in [0.15, 0.2) is 0 Å². The van der Waals surface area contributed by atoms with Gasteiger partial charge in [0.1, 0.15) is 0 Å². The molecule has 0 spiro atoms. The quantitative estimate of drug-likeness (QED) is 0.729. The molecule has 2 atom stereocenters. The molecule has 0 aromatic rings. The number of nitrogens with one attached hydrogen (secondary N) is 1. The molecule has 1 aliphatic heterocycles. The number of aliphatic hydroxyl groups is 1. The van der Waals surface area contributed by atoms with Crippen LogP contribution in [0.1, 0.15) is 34.1 Å². The molecule has 0 unspecified atom stereocenters. The molecule has 1 fully saturated rings. The van der Waals surface area contributed by atoms with Crippen LogP contribution in [-0.4, -0.2) is 71.7 Å². The van der Waals surface area contributed by atoms with Gasteiger partial charge in [-0.25, -0.2) is 0 Å². The van der Waals surface area contributed by atoms with E-state index in [1.165, 1.54) is 0 Å². The Hall–Kier alpha value is -0.650. The maximum Gasteiger partial charge on any atom is 0.221 e. The Morgan fingerprint density at radius 3 is 2.58 bits per heavy atom. The van der Waals surface area contributed by atoms with Gasteiger partial charge in [-0.2, -0.15) is 0 Å². The number of amides is 1. The van der Waals surface area contributed by atoms with E-state index in [0.29, 0.717) is 12.5 Å². The van der Waals surface area contributed by atoms with E-state index in [2.05, 4.69) is 22.0 Å². The molecule has 1 rings (SSSR count). The van der Waals surface area contributed by atoms with Crippen molar-refractivity contribution in [3.63, 3.8) is 0 Å². The van der Waals surface area contributed by atoms with Crippen molar-refractivity contribution in [3.05, 3.63) is 0 Å². The largest absolute Gasteiger partial charge is 0.392 e. The Balaban J connectivity index is 2.26. The van der Waals surface area contributed by atoms with Crippen molar-refractivity contribution in [2.45, 2.75) is 52.3 Å². The zero-order valence-corrected chi connectivity index (χ0v) is 12.7. The van der Waals surface area contributed by atoms with Gasteiger partial charge in [-0.05, 0) is 27.7 Å². The van der Waals surface area contributed by atoms with Gasteiger partial charge in [-0.15, -0.1) is 0 Å². The molecule has 19 heavy (non-hydrogen) atoms. The summed E-state index contributed by atoms with van der Waals surface area (Å²) in [6, 6.07) is 0.658. The highest BCUT2D eigenvalue weighted by atomic mass is 16.3. The minimum absolute atomic E-state index is 0.133. The lowest BCUT2D eigenvalue weighted by molar-refractivity contribution is -0.122. The number of hydrogen-bond donors (Lipinski definition) is 2. The van der Waals surface area contributed by atoms with Gasteiger partial charge in [-0.3, -0.25) is 9.69 Å². The van der Waals surface area contributed by atoms with Gasteiger partial charge in [-0.1, -0.05) is 0 Å². The first-order valence-corrected chi connectivity index (χ1v) is 7.32. The number of β-amino-alcohol motifs (C(OH)–C–C–N with tert-alkyl or cyclic N) is 1. The second-order valence-electron chi connectivity index (χ2n) is 5.97. The third-order valence-electron chi connectivity index (χ3n) is 3.45. The van der Waals surface area contributed by atoms with Crippen molar-refractivity contribution >= 4 is 5.91 Å². The van der Waals surface area contributed by atoms with Crippen LogP contribution in [0.15, 0.2) is 0 Å². The first-order valence-electron chi connectivity index (χ1n) is 7.32. The highest BCUT2D eigenvalue weighted by Gasteiger charge is 2.24. The van der Waals surface area contributed by atoms with Crippen molar-refractivity contribution in [2.75, 3.05) is 32.7 Å². The molecule has 2 N–H and O–H groups in total. The van der Waals surface area contributed by atoms with Crippen LogP contribution < -0.4 is 5.32 Å². The normalized spacial score (nSPS) is 23.6. The summed E-state index contributed by atoms with van der Waals surface area (Å²) in [7, 11) is 0. The highest BCUT2D eigenvalue weighted by molar-refractivity contribution is 5.76. The lowest BCUT2D eigenvalue weighted by Crippen LogP contribution is -2.53. The molecule has 112 valence electrons. The lowest BCUT2D eigenvalue weighted by atomic mass is 10.1. The second kappa shape index (κ2) is 7.82. The Labute approximate surface area is 117 Å². The summed E-state index contributed by atoms with van der Waals surface area (Å²) >= 11 is 0. The second-order valence-corrected chi connectivity index (χ2v) is 5.97. The van der Waals surface area contributed by atoms with Crippen molar-refractivity contribution in [2.24, 2.45) is 0 Å². The van der Waals surface area contributed by atoms with Crippen LogP contribution in [0.4, 0.5) is 0 Å². The smallest absolute Gasteiger partial charge is 0.221 e. The van der Waals surface area contributed by atoms with Crippen LogP contribution in [0.25, 0.3) is 0 Å². The van der Waals surface area contributed by atoms with E-state index in [1.807, 2.05) is 20.8 Å². The monoisotopic (exact) mass is 271 g/mol. The summed E-state index contributed by atoms with van der Waals surface area (Å²) in [5, 5.41) is 12.4. The Morgan fingerprint density at radius 2 is 2.05 bits per heavy atom. The summed E-state index contributed by atoms with van der Waals surface area (Å²) < 4.78 is 0. The third-order valence-corrected chi connectivity index (χ3v) is 3.45. The Morgan fingerprint density at radius 1 is 1.37 bits per heavy atom. The number of hydrogen-bond acceptors (Lipinski definition) is 4. The van der Waals surface area contributed by atoms with Crippen LogP contribution in [0.2, 0.25) is 0 Å². The molecule has 0 saturated carbocycles. The molecule has 1 heterocycles. The highest BCUT2D eigenvalue weighted by Crippen LogP contribution is 2.10. The standard InChI is InChI=1S/C14H29N3O2/c1-11(2)15-14(19)5-6-16-7-8-17(10-13(4)18)12(3)9-16/h11-13,18H,5-10H2,1-4H3,(H,15,19)/t12-,13+/m0/s1. The molecule has 1 aliphatic rings. The number of nitrogens with zero attached hydrogens (tertiary/aromatic N) is 2. The number of carbonyl (C=O) groups is 1. The zero-order chi connectivity index (χ0) is 14.4. The van der Waals surface area contributed by atoms with E-state index in [0.717, 1.165) is 32.7 Å². The average molecular weight is 271 g/mol. The van der Waals surface area contributed by atoms with Crippen molar-refractivity contribution in [1.82, 2.24) is 15.1 Å².